The third-order valence-electron chi connectivity index (χ3n) is 1.98. The van der Waals surface area contributed by atoms with Crippen molar-refractivity contribution in [3.63, 3.8) is 0 Å². The van der Waals surface area contributed by atoms with Crippen LogP contribution in [0.4, 0.5) is 13.3 Å². The van der Waals surface area contributed by atoms with E-state index in [1.807, 2.05) is 0 Å². The summed E-state index contributed by atoms with van der Waals surface area (Å²) in [5, 5.41) is 0.259. The van der Waals surface area contributed by atoms with Crippen molar-refractivity contribution >= 4 is 16.9 Å². The molecule has 3 nitrogen and oxygen atoms in total. The standard InChI is InChI=1S/C9H4F3NO2/c10-5-2-1-4-3-6(9(14)15-12)13-8(4)7(5)11/h1-3,13H. The molecule has 0 bridgehead atoms. The van der Waals surface area contributed by atoms with Crippen LogP contribution < -0.4 is 0 Å². The van der Waals surface area contributed by atoms with Crippen molar-refractivity contribution in [1.29, 1.82) is 0 Å². The van der Waals surface area contributed by atoms with Gasteiger partial charge in [-0.2, -0.15) is 0 Å². The number of fused-ring (bicyclic) bond motifs is 1. The fraction of sp³-hybridized carbons (Fsp3) is 0. The lowest BCUT2D eigenvalue weighted by Gasteiger charge is -1.93. The molecule has 2 aromatic rings. The number of H-pyrrole nitrogens is 1. The van der Waals surface area contributed by atoms with Gasteiger partial charge in [0.1, 0.15) is 5.69 Å². The summed E-state index contributed by atoms with van der Waals surface area (Å²) >= 11 is 0. The minimum absolute atomic E-state index is 0.199. The lowest BCUT2D eigenvalue weighted by atomic mass is 10.2. The molecule has 0 aliphatic heterocycles. The molecule has 78 valence electrons. The van der Waals surface area contributed by atoms with E-state index >= 15 is 0 Å². The van der Waals surface area contributed by atoms with Crippen LogP contribution in [-0.4, -0.2) is 11.0 Å². The number of hydrogen-bond acceptors (Lipinski definition) is 2. The molecule has 0 aliphatic rings. The second-order valence-electron chi connectivity index (χ2n) is 2.87. The lowest BCUT2D eigenvalue weighted by molar-refractivity contribution is -0.0792. The second kappa shape index (κ2) is 3.30. The number of nitrogens with one attached hydrogen (secondary N) is 1. The van der Waals surface area contributed by atoms with Crippen molar-refractivity contribution in [2.45, 2.75) is 0 Å². The van der Waals surface area contributed by atoms with Crippen LogP contribution in [0, 0.1) is 11.6 Å². The van der Waals surface area contributed by atoms with Gasteiger partial charge in [-0.05, 0) is 18.2 Å². The largest absolute Gasteiger partial charge is 0.395 e. The highest BCUT2D eigenvalue weighted by Gasteiger charge is 2.15. The normalized spacial score (nSPS) is 10.6. The van der Waals surface area contributed by atoms with Crippen LogP contribution >= 0.6 is 0 Å². The van der Waals surface area contributed by atoms with Gasteiger partial charge in [0.2, 0.25) is 0 Å². The minimum Gasteiger partial charge on any atom is -0.346 e. The third kappa shape index (κ3) is 1.43. The molecule has 0 spiro atoms. The molecule has 0 saturated carbocycles. The Kier molecular flexibility index (Phi) is 2.11. The van der Waals surface area contributed by atoms with Crippen molar-refractivity contribution in [2.24, 2.45) is 0 Å². The second-order valence-corrected chi connectivity index (χ2v) is 2.87. The molecule has 6 heteroatoms. The summed E-state index contributed by atoms with van der Waals surface area (Å²) in [6, 6.07) is 3.34. The zero-order chi connectivity index (χ0) is 11.0. The average Bonchev–Trinajstić information content (AvgIpc) is 2.67. The van der Waals surface area contributed by atoms with E-state index in [1.165, 1.54) is 12.1 Å². The number of rotatable bonds is 1. The molecule has 0 saturated heterocycles. The van der Waals surface area contributed by atoms with E-state index in [4.69, 9.17) is 0 Å². The predicted octanol–water partition coefficient (Wildman–Crippen LogP) is 2.49. The van der Waals surface area contributed by atoms with Gasteiger partial charge in [-0.3, -0.25) is 0 Å². The molecule has 1 aromatic carbocycles. The number of carbonyl (C=O) groups is 1. The molecule has 1 heterocycles. The van der Waals surface area contributed by atoms with E-state index in [0.29, 0.717) is 0 Å². The van der Waals surface area contributed by atoms with Gasteiger partial charge in [-0.25, -0.2) is 18.5 Å². The molecule has 2 rings (SSSR count). The Hall–Kier alpha value is -1.98. The molecule has 0 amide bonds. The number of hydrogen-bond donors (Lipinski definition) is 1. The van der Waals surface area contributed by atoms with E-state index < -0.39 is 17.6 Å². The van der Waals surface area contributed by atoms with Crippen molar-refractivity contribution in [3.05, 3.63) is 35.5 Å². The number of carbonyl (C=O) groups excluding carboxylic acids is 1. The number of benzene rings is 1. The van der Waals surface area contributed by atoms with E-state index in [0.717, 1.165) is 6.07 Å². The first-order valence-electron chi connectivity index (χ1n) is 3.93. The summed E-state index contributed by atoms with van der Waals surface area (Å²) in [6.07, 6.45) is 0. The lowest BCUT2D eigenvalue weighted by Crippen LogP contribution is -1.98. The predicted molar refractivity (Wildman–Crippen MR) is 44.7 cm³/mol. The molecule has 0 atom stereocenters. The summed E-state index contributed by atoms with van der Waals surface area (Å²) in [6.45, 7) is 0. The first-order chi connectivity index (χ1) is 7.13. The van der Waals surface area contributed by atoms with Crippen LogP contribution in [0.15, 0.2) is 18.2 Å². The molecule has 15 heavy (non-hydrogen) atoms. The number of halogens is 3. The Morgan fingerprint density at radius 3 is 2.73 bits per heavy atom. The Morgan fingerprint density at radius 2 is 2.07 bits per heavy atom. The van der Waals surface area contributed by atoms with Crippen molar-refractivity contribution in [1.82, 2.24) is 4.98 Å². The van der Waals surface area contributed by atoms with Gasteiger partial charge in [0, 0.05) is 9.91 Å². The van der Waals surface area contributed by atoms with Gasteiger partial charge in [0.25, 0.3) is 0 Å². The summed E-state index contributed by atoms with van der Waals surface area (Å²) < 4.78 is 37.4. The molecule has 1 N–H and O–H groups in total. The van der Waals surface area contributed by atoms with Crippen LogP contribution in [0.2, 0.25) is 0 Å². The van der Waals surface area contributed by atoms with Crippen molar-refractivity contribution in [2.75, 3.05) is 0 Å². The summed E-state index contributed by atoms with van der Waals surface area (Å²) in [4.78, 5) is 15.9. The summed E-state index contributed by atoms with van der Waals surface area (Å²) in [5.74, 6) is -3.46. The van der Waals surface area contributed by atoms with Crippen LogP contribution in [0.3, 0.4) is 0 Å². The Balaban J connectivity index is 2.66. The molecular formula is C9H4F3NO2. The van der Waals surface area contributed by atoms with Crippen molar-refractivity contribution in [3.8, 4) is 0 Å². The maximum Gasteiger partial charge on any atom is 0.395 e. The number of aromatic nitrogens is 1. The van der Waals surface area contributed by atoms with Gasteiger partial charge in [0.15, 0.2) is 11.6 Å². The highest BCUT2D eigenvalue weighted by atomic mass is 19.3. The SMILES string of the molecule is O=C(OF)c1cc2ccc(F)c(F)c2[nH]1. The smallest absolute Gasteiger partial charge is 0.346 e. The van der Waals surface area contributed by atoms with Gasteiger partial charge in [-0.15, -0.1) is 0 Å². The van der Waals surface area contributed by atoms with E-state index in [2.05, 4.69) is 9.93 Å². The monoisotopic (exact) mass is 215 g/mol. The first kappa shape index (κ1) is 9.57. The molecule has 0 radical (unpaired) electrons. The Morgan fingerprint density at radius 1 is 1.33 bits per heavy atom. The molecule has 0 aliphatic carbocycles. The fourth-order valence-corrected chi connectivity index (χ4v) is 1.29. The van der Waals surface area contributed by atoms with Gasteiger partial charge in [0.05, 0.1) is 5.52 Å². The summed E-state index contributed by atoms with van der Waals surface area (Å²) in [7, 11) is 0. The fourth-order valence-electron chi connectivity index (χ4n) is 1.29. The topological polar surface area (TPSA) is 42.1 Å². The first-order valence-corrected chi connectivity index (χ1v) is 3.93. The van der Waals surface area contributed by atoms with Crippen LogP contribution in [0.25, 0.3) is 10.9 Å². The van der Waals surface area contributed by atoms with E-state index in [1.54, 1.807) is 0 Å². The van der Waals surface area contributed by atoms with E-state index in [9.17, 15) is 18.1 Å². The number of aromatic amines is 1. The minimum atomic E-state index is -1.29. The third-order valence-corrected chi connectivity index (χ3v) is 1.98. The highest BCUT2D eigenvalue weighted by molar-refractivity contribution is 5.94. The molecule has 1 aromatic heterocycles. The zero-order valence-corrected chi connectivity index (χ0v) is 7.18. The van der Waals surface area contributed by atoms with Crippen LogP contribution in [-0.2, 0) is 4.94 Å². The molecular weight excluding hydrogens is 211 g/mol. The van der Waals surface area contributed by atoms with Gasteiger partial charge >= 0.3 is 5.97 Å². The average molecular weight is 215 g/mol. The van der Waals surface area contributed by atoms with Crippen LogP contribution in [0.5, 0.6) is 0 Å². The Labute approximate surface area is 81.4 Å². The summed E-state index contributed by atoms with van der Waals surface area (Å²) in [5.41, 5.74) is -0.479. The van der Waals surface area contributed by atoms with Gasteiger partial charge < -0.3 is 4.98 Å². The maximum atomic E-state index is 13.1. The van der Waals surface area contributed by atoms with Crippen LogP contribution in [0.1, 0.15) is 10.5 Å². The maximum absolute atomic E-state index is 13.1. The molecule has 0 fully saturated rings. The molecule has 0 unspecified atom stereocenters. The quantitative estimate of drug-likeness (QED) is 0.793. The Bertz CT molecular complexity index is 535. The van der Waals surface area contributed by atoms with Crippen molar-refractivity contribution < 1.29 is 23.0 Å². The highest BCUT2D eigenvalue weighted by Crippen LogP contribution is 2.21. The zero-order valence-electron chi connectivity index (χ0n) is 7.18. The van der Waals surface area contributed by atoms with E-state index in [-0.39, 0.29) is 16.6 Å². The van der Waals surface area contributed by atoms with Gasteiger partial charge in [-0.1, -0.05) is 0 Å².